The van der Waals surface area contributed by atoms with Gasteiger partial charge in [-0.3, -0.25) is 9.78 Å². The first-order valence-corrected chi connectivity index (χ1v) is 8.92. The molecule has 1 aromatic heterocycles. The minimum absolute atomic E-state index is 0.238. The number of nitrogens with one attached hydrogen (secondary N) is 2. The van der Waals surface area contributed by atoms with Gasteiger partial charge in [0, 0.05) is 25.0 Å². The molecule has 0 saturated carbocycles. The molecule has 3 aromatic rings. The number of ether oxygens (including phenoxy) is 2. The van der Waals surface area contributed by atoms with Crippen molar-refractivity contribution in [2.75, 3.05) is 19.5 Å². The van der Waals surface area contributed by atoms with Crippen LogP contribution in [0.15, 0.2) is 66.9 Å². The number of anilines is 1. The summed E-state index contributed by atoms with van der Waals surface area (Å²) in [7, 11) is 3.17. The monoisotopic (exact) mass is 377 g/mol. The topological polar surface area (TPSA) is 72.5 Å². The maximum absolute atomic E-state index is 12.5. The second-order valence-corrected chi connectivity index (χ2v) is 6.14. The van der Waals surface area contributed by atoms with Gasteiger partial charge in [0.1, 0.15) is 5.69 Å². The van der Waals surface area contributed by atoms with Crippen molar-refractivity contribution in [1.29, 1.82) is 0 Å². The van der Waals surface area contributed by atoms with Gasteiger partial charge in [0.25, 0.3) is 5.91 Å². The number of carbonyl (C=O) groups excluding carboxylic acids is 1. The van der Waals surface area contributed by atoms with Crippen LogP contribution in [-0.4, -0.2) is 25.1 Å². The van der Waals surface area contributed by atoms with E-state index in [2.05, 4.69) is 15.6 Å². The van der Waals surface area contributed by atoms with E-state index in [9.17, 15) is 4.79 Å². The molecule has 6 nitrogen and oxygen atoms in total. The number of methoxy groups -OCH3 is 2. The summed E-state index contributed by atoms with van der Waals surface area (Å²) >= 11 is 0. The summed E-state index contributed by atoms with van der Waals surface area (Å²) in [6, 6.07) is 19.2. The van der Waals surface area contributed by atoms with Crippen molar-refractivity contribution in [3.05, 3.63) is 83.7 Å². The Balaban J connectivity index is 1.60. The lowest BCUT2D eigenvalue weighted by molar-refractivity contribution is 0.0946. The summed E-state index contributed by atoms with van der Waals surface area (Å²) < 4.78 is 10.5. The van der Waals surface area contributed by atoms with E-state index < -0.39 is 0 Å². The van der Waals surface area contributed by atoms with Crippen LogP contribution >= 0.6 is 0 Å². The molecule has 0 atom stereocenters. The van der Waals surface area contributed by atoms with Crippen LogP contribution in [0, 0.1) is 0 Å². The normalized spacial score (nSPS) is 10.2. The smallest absolute Gasteiger partial charge is 0.270 e. The van der Waals surface area contributed by atoms with Crippen LogP contribution < -0.4 is 20.1 Å². The summed E-state index contributed by atoms with van der Waals surface area (Å²) in [6.07, 6.45) is 1.62. The van der Waals surface area contributed by atoms with Crippen LogP contribution in [0.3, 0.4) is 0 Å². The van der Waals surface area contributed by atoms with Gasteiger partial charge in [-0.25, -0.2) is 0 Å². The molecule has 1 amide bonds. The number of aromatic nitrogens is 1. The van der Waals surface area contributed by atoms with Gasteiger partial charge in [0.2, 0.25) is 0 Å². The molecular formula is C22H23N3O3. The lowest BCUT2D eigenvalue weighted by atomic mass is 10.2. The molecule has 0 saturated heterocycles. The van der Waals surface area contributed by atoms with Crippen LogP contribution in [0.1, 0.15) is 21.6 Å². The van der Waals surface area contributed by atoms with Gasteiger partial charge in [-0.1, -0.05) is 36.4 Å². The van der Waals surface area contributed by atoms with Crippen molar-refractivity contribution in [1.82, 2.24) is 10.3 Å². The minimum Gasteiger partial charge on any atom is -0.493 e. The Labute approximate surface area is 164 Å². The quantitative estimate of drug-likeness (QED) is 0.627. The van der Waals surface area contributed by atoms with E-state index in [4.69, 9.17) is 9.47 Å². The largest absolute Gasteiger partial charge is 0.493 e. The van der Waals surface area contributed by atoms with E-state index in [0.717, 1.165) is 11.3 Å². The van der Waals surface area contributed by atoms with E-state index in [0.29, 0.717) is 30.3 Å². The molecule has 144 valence electrons. The van der Waals surface area contributed by atoms with Gasteiger partial charge in [-0.15, -0.1) is 0 Å². The lowest BCUT2D eigenvalue weighted by Crippen LogP contribution is -2.23. The zero-order valence-electron chi connectivity index (χ0n) is 15.9. The molecule has 6 heteroatoms. The first-order valence-electron chi connectivity index (χ1n) is 8.92. The molecule has 1 heterocycles. The third kappa shape index (κ3) is 5.01. The maximum atomic E-state index is 12.5. The zero-order valence-corrected chi connectivity index (χ0v) is 15.9. The summed E-state index contributed by atoms with van der Waals surface area (Å²) in [6.45, 7) is 1.04. The summed E-state index contributed by atoms with van der Waals surface area (Å²) in [4.78, 5) is 16.6. The first kappa shape index (κ1) is 19.2. The van der Waals surface area contributed by atoms with Crippen molar-refractivity contribution in [2.45, 2.75) is 13.1 Å². The molecule has 28 heavy (non-hydrogen) atoms. The standard InChI is InChI=1S/C22H23N3O3/c1-27-20-9-8-17(12-21(20)28-2)15-25-22(26)19-13-18(10-11-23-19)24-14-16-6-4-3-5-7-16/h3-13H,14-15H2,1-2H3,(H,23,24)(H,25,26). The highest BCUT2D eigenvalue weighted by Crippen LogP contribution is 2.27. The van der Waals surface area contributed by atoms with Crippen LogP contribution in [0.25, 0.3) is 0 Å². The van der Waals surface area contributed by atoms with E-state index in [1.165, 1.54) is 5.56 Å². The number of hydrogen-bond donors (Lipinski definition) is 2. The second-order valence-electron chi connectivity index (χ2n) is 6.14. The number of benzene rings is 2. The molecular weight excluding hydrogens is 354 g/mol. The first-order chi connectivity index (χ1) is 13.7. The molecule has 0 aliphatic carbocycles. The Hall–Kier alpha value is -3.54. The van der Waals surface area contributed by atoms with E-state index in [1.807, 2.05) is 54.6 Å². The van der Waals surface area contributed by atoms with Crippen molar-refractivity contribution >= 4 is 11.6 Å². The van der Waals surface area contributed by atoms with Gasteiger partial charge in [-0.2, -0.15) is 0 Å². The molecule has 0 spiro atoms. The van der Waals surface area contributed by atoms with Gasteiger partial charge < -0.3 is 20.1 Å². The molecule has 0 radical (unpaired) electrons. The lowest BCUT2D eigenvalue weighted by Gasteiger charge is -2.11. The number of pyridine rings is 1. The molecule has 0 aliphatic heterocycles. The van der Waals surface area contributed by atoms with Gasteiger partial charge in [0.15, 0.2) is 11.5 Å². The van der Waals surface area contributed by atoms with E-state index in [-0.39, 0.29) is 5.91 Å². The Kier molecular flexibility index (Phi) is 6.46. The number of rotatable bonds is 8. The zero-order chi connectivity index (χ0) is 19.8. The highest BCUT2D eigenvalue weighted by atomic mass is 16.5. The fourth-order valence-electron chi connectivity index (χ4n) is 2.73. The molecule has 2 aromatic carbocycles. The molecule has 0 bridgehead atoms. The third-order valence-electron chi connectivity index (χ3n) is 4.23. The van der Waals surface area contributed by atoms with E-state index in [1.54, 1.807) is 26.5 Å². The van der Waals surface area contributed by atoms with Crippen LogP contribution in [0.2, 0.25) is 0 Å². The highest BCUT2D eigenvalue weighted by molar-refractivity contribution is 5.93. The average Bonchev–Trinajstić information content (AvgIpc) is 2.76. The number of carbonyl (C=O) groups is 1. The molecule has 0 aliphatic rings. The summed E-state index contributed by atoms with van der Waals surface area (Å²) in [5, 5.41) is 6.19. The van der Waals surface area contributed by atoms with Gasteiger partial charge in [-0.05, 0) is 35.4 Å². The van der Waals surface area contributed by atoms with Crippen molar-refractivity contribution in [3.8, 4) is 11.5 Å². The Bertz CT molecular complexity index is 929. The maximum Gasteiger partial charge on any atom is 0.270 e. The second kappa shape index (κ2) is 9.41. The van der Waals surface area contributed by atoms with Crippen LogP contribution in [-0.2, 0) is 13.1 Å². The number of hydrogen-bond acceptors (Lipinski definition) is 5. The van der Waals surface area contributed by atoms with Gasteiger partial charge in [0.05, 0.1) is 14.2 Å². The molecule has 0 unspecified atom stereocenters. The molecule has 2 N–H and O–H groups in total. The number of amides is 1. The molecule has 3 rings (SSSR count). The predicted octanol–water partition coefficient (Wildman–Crippen LogP) is 3.64. The van der Waals surface area contributed by atoms with Crippen molar-refractivity contribution in [2.24, 2.45) is 0 Å². The highest BCUT2D eigenvalue weighted by Gasteiger charge is 2.09. The SMILES string of the molecule is COc1ccc(CNC(=O)c2cc(NCc3ccccc3)ccn2)cc1OC. The molecule has 0 fully saturated rings. The fraction of sp³-hybridized carbons (Fsp3) is 0.182. The fourth-order valence-corrected chi connectivity index (χ4v) is 2.73. The minimum atomic E-state index is -0.238. The van der Waals surface area contributed by atoms with Crippen molar-refractivity contribution < 1.29 is 14.3 Å². The Morgan fingerprint density at radius 1 is 0.893 bits per heavy atom. The van der Waals surface area contributed by atoms with Crippen molar-refractivity contribution in [3.63, 3.8) is 0 Å². The van der Waals surface area contributed by atoms with Gasteiger partial charge >= 0.3 is 0 Å². The summed E-state index contributed by atoms with van der Waals surface area (Å²) in [5.41, 5.74) is 3.27. The number of nitrogens with zero attached hydrogens (tertiary/aromatic N) is 1. The summed E-state index contributed by atoms with van der Waals surface area (Å²) in [5.74, 6) is 1.04. The van der Waals surface area contributed by atoms with Crippen LogP contribution in [0.5, 0.6) is 11.5 Å². The predicted molar refractivity (Wildman–Crippen MR) is 109 cm³/mol. The Morgan fingerprint density at radius 3 is 2.43 bits per heavy atom. The average molecular weight is 377 g/mol. The van der Waals surface area contributed by atoms with E-state index >= 15 is 0 Å². The third-order valence-corrected chi connectivity index (χ3v) is 4.23. The van der Waals surface area contributed by atoms with Crippen LogP contribution in [0.4, 0.5) is 5.69 Å². The Morgan fingerprint density at radius 2 is 1.68 bits per heavy atom.